The average molecular weight is 417 g/mol. The highest BCUT2D eigenvalue weighted by Gasteiger charge is 2.17. The third-order valence-corrected chi connectivity index (χ3v) is 4.47. The normalized spacial score (nSPS) is 10.5. The second kappa shape index (κ2) is 8.51. The first kappa shape index (κ1) is 19.8. The van der Waals surface area contributed by atoms with Crippen molar-refractivity contribution in [2.75, 3.05) is 12.4 Å². The van der Waals surface area contributed by atoms with Crippen LogP contribution >= 0.6 is 0 Å². The van der Waals surface area contributed by atoms with Gasteiger partial charge in [-0.05, 0) is 48.5 Å². The first-order valence-electron chi connectivity index (χ1n) is 9.20. The molecule has 0 atom stereocenters. The van der Waals surface area contributed by atoms with E-state index in [1.54, 1.807) is 53.2 Å². The molecule has 2 aromatic heterocycles. The first-order valence-corrected chi connectivity index (χ1v) is 9.20. The molecule has 8 nitrogen and oxygen atoms in total. The predicted molar refractivity (Wildman–Crippen MR) is 109 cm³/mol. The number of anilines is 1. The number of ether oxygens (including phenoxy) is 1. The van der Waals surface area contributed by atoms with E-state index in [4.69, 9.17) is 14.5 Å². The standard InChI is InChI=1S/C22H16FN5O3/c1-30-19-8-7-15(11-17(19)23)21-26-22(31-27-21)18-6-3-9-28(18)13-20(29)25-16-5-2-4-14(10-16)12-24/h2-11H,13H2,1H3,(H,25,29). The summed E-state index contributed by atoms with van der Waals surface area (Å²) in [5.74, 6) is -0.304. The van der Waals surface area contributed by atoms with Crippen molar-refractivity contribution >= 4 is 11.6 Å². The molecule has 4 aromatic rings. The average Bonchev–Trinajstić information content (AvgIpc) is 3.43. The molecule has 0 aliphatic rings. The van der Waals surface area contributed by atoms with E-state index in [1.807, 2.05) is 6.07 Å². The molecular weight excluding hydrogens is 401 g/mol. The van der Waals surface area contributed by atoms with Gasteiger partial charge < -0.3 is 19.1 Å². The molecule has 4 rings (SSSR count). The summed E-state index contributed by atoms with van der Waals surface area (Å²) in [4.78, 5) is 16.8. The van der Waals surface area contributed by atoms with Crippen LogP contribution in [0.4, 0.5) is 10.1 Å². The Bertz CT molecular complexity index is 1290. The zero-order valence-corrected chi connectivity index (χ0v) is 16.4. The SMILES string of the molecule is COc1ccc(-c2noc(-c3cccn3CC(=O)Nc3cccc(C#N)c3)n2)cc1F. The third-order valence-electron chi connectivity index (χ3n) is 4.47. The molecule has 1 amide bonds. The van der Waals surface area contributed by atoms with Crippen molar-refractivity contribution in [2.24, 2.45) is 0 Å². The maximum Gasteiger partial charge on any atom is 0.274 e. The predicted octanol–water partition coefficient (Wildman–Crippen LogP) is 3.86. The van der Waals surface area contributed by atoms with E-state index in [9.17, 15) is 9.18 Å². The second-order valence-electron chi connectivity index (χ2n) is 6.53. The summed E-state index contributed by atoms with van der Waals surface area (Å²) >= 11 is 0. The molecule has 0 bridgehead atoms. The third kappa shape index (κ3) is 4.28. The molecule has 2 heterocycles. The number of nitrogens with one attached hydrogen (secondary N) is 1. The van der Waals surface area contributed by atoms with Crippen LogP contribution in [-0.4, -0.2) is 27.7 Å². The van der Waals surface area contributed by atoms with Gasteiger partial charge in [-0.15, -0.1) is 0 Å². The van der Waals surface area contributed by atoms with Crippen molar-refractivity contribution in [3.63, 3.8) is 0 Å². The van der Waals surface area contributed by atoms with Gasteiger partial charge in [-0.2, -0.15) is 10.2 Å². The topological polar surface area (TPSA) is 106 Å². The molecule has 0 saturated heterocycles. The van der Waals surface area contributed by atoms with E-state index in [2.05, 4.69) is 15.5 Å². The summed E-state index contributed by atoms with van der Waals surface area (Å²) in [6.45, 7) is -0.00596. The summed E-state index contributed by atoms with van der Waals surface area (Å²) in [5.41, 5.74) is 1.95. The number of amides is 1. The summed E-state index contributed by atoms with van der Waals surface area (Å²) < 4.78 is 25.9. The lowest BCUT2D eigenvalue weighted by Gasteiger charge is -2.08. The van der Waals surface area contributed by atoms with E-state index in [-0.39, 0.29) is 29.9 Å². The smallest absolute Gasteiger partial charge is 0.274 e. The number of halogens is 1. The van der Waals surface area contributed by atoms with Gasteiger partial charge in [0.25, 0.3) is 5.89 Å². The Morgan fingerprint density at radius 2 is 2.13 bits per heavy atom. The minimum absolute atomic E-state index is 0.00596. The molecule has 0 radical (unpaired) electrons. The van der Waals surface area contributed by atoms with Crippen molar-refractivity contribution in [1.82, 2.24) is 14.7 Å². The van der Waals surface area contributed by atoms with E-state index < -0.39 is 5.82 Å². The highest BCUT2D eigenvalue weighted by molar-refractivity contribution is 5.91. The minimum Gasteiger partial charge on any atom is -0.494 e. The lowest BCUT2D eigenvalue weighted by Crippen LogP contribution is -2.18. The van der Waals surface area contributed by atoms with Crippen LogP contribution in [0.5, 0.6) is 5.75 Å². The quantitative estimate of drug-likeness (QED) is 0.511. The van der Waals surface area contributed by atoms with Gasteiger partial charge in [0, 0.05) is 17.4 Å². The van der Waals surface area contributed by atoms with Gasteiger partial charge in [0.15, 0.2) is 11.6 Å². The Balaban J connectivity index is 1.51. The van der Waals surface area contributed by atoms with Crippen molar-refractivity contribution in [1.29, 1.82) is 5.26 Å². The number of nitriles is 1. The van der Waals surface area contributed by atoms with Crippen LogP contribution in [0.25, 0.3) is 23.0 Å². The van der Waals surface area contributed by atoms with Crippen molar-refractivity contribution < 1.29 is 18.4 Å². The van der Waals surface area contributed by atoms with Crippen molar-refractivity contribution in [3.8, 4) is 34.8 Å². The monoisotopic (exact) mass is 417 g/mol. The Morgan fingerprint density at radius 3 is 2.90 bits per heavy atom. The lowest BCUT2D eigenvalue weighted by molar-refractivity contribution is -0.116. The van der Waals surface area contributed by atoms with Gasteiger partial charge in [-0.1, -0.05) is 11.2 Å². The molecule has 154 valence electrons. The van der Waals surface area contributed by atoms with Gasteiger partial charge in [0.2, 0.25) is 11.7 Å². The number of carbonyl (C=O) groups excluding carboxylic acids is 1. The number of hydrogen-bond acceptors (Lipinski definition) is 6. The van der Waals surface area contributed by atoms with Crippen LogP contribution in [0.15, 0.2) is 65.3 Å². The fourth-order valence-corrected chi connectivity index (χ4v) is 3.02. The number of rotatable bonds is 6. The summed E-state index contributed by atoms with van der Waals surface area (Å²) in [5, 5.41) is 15.6. The van der Waals surface area contributed by atoms with Gasteiger partial charge in [-0.25, -0.2) is 4.39 Å². The van der Waals surface area contributed by atoms with Crippen molar-refractivity contribution in [2.45, 2.75) is 6.54 Å². The Kier molecular flexibility index (Phi) is 5.45. The molecule has 9 heteroatoms. The molecule has 0 unspecified atom stereocenters. The number of carbonyl (C=O) groups is 1. The van der Waals surface area contributed by atoms with Crippen LogP contribution in [0.2, 0.25) is 0 Å². The fourth-order valence-electron chi connectivity index (χ4n) is 3.02. The van der Waals surface area contributed by atoms with Crippen LogP contribution in [0.1, 0.15) is 5.56 Å². The highest BCUT2D eigenvalue weighted by atomic mass is 19.1. The minimum atomic E-state index is -0.535. The van der Waals surface area contributed by atoms with Gasteiger partial charge in [0.05, 0.1) is 18.7 Å². The van der Waals surface area contributed by atoms with Gasteiger partial charge >= 0.3 is 0 Å². The number of benzene rings is 2. The van der Waals surface area contributed by atoms with E-state index >= 15 is 0 Å². The Hall–Kier alpha value is -4.45. The van der Waals surface area contributed by atoms with Gasteiger partial charge in [-0.3, -0.25) is 4.79 Å². The molecular formula is C22H16FN5O3. The molecule has 0 saturated carbocycles. The van der Waals surface area contributed by atoms with E-state index in [1.165, 1.54) is 19.2 Å². The maximum absolute atomic E-state index is 14.0. The number of nitrogens with zero attached hydrogens (tertiary/aromatic N) is 4. The molecule has 0 aliphatic carbocycles. The van der Waals surface area contributed by atoms with E-state index in [0.717, 1.165) is 0 Å². The van der Waals surface area contributed by atoms with Crippen LogP contribution < -0.4 is 10.1 Å². The second-order valence-corrected chi connectivity index (χ2v) is 6.53. The van der Waals surface area contributed by atoms with E-state index in [0.29, 0.717) is 22.5 Å². The molecule has 1 N–H and O–H groups in total. The molecule has 31 heavy (non-hydrogen) atoms. The highest BCUT2D eigenvalue weighted by Crippen LogP contribution is 2.26. The summed E-state index contributed by atoms with van der Waals surface area (Å²) in [6.07, 6.45) is 1.71. The van der Waals surface area contributed by atoms with Crippen LogP contribution in [0, 0.1) is 17.1 Å². The largest absolute Gasteiger partial charge is 0.494 e. The maximum atomic E-state index is 14.0. The molecule has 2 aromatic carbocycles. The lowest BCUT2D eigenvalue weighted by atomic mass is 10.2. The Morgan fingerprint density at radius 1 is 1.26 bits per heavy atom. The zero-order chi connectivity index (χ0) is 21.8. The summed E-state index contributed by atoms with van der Waals surface area (Å²) in [6, 6.07) is 16.5. The molecule has 0 aliphatic heterocycles. The molecule has 0 spiro atoms. The zero-order valence-electron chi connectivity index (χ0n) is 16.4. The number of aromatic nitrogens is 3. The van der Waals surface area contributed by atoms with Crippen molar-refractivity contribution in [3.05, 3.63) is 72.2 Å². The summed E-state index contributed by atoms with van der Waals surface area (Å²) in [7, 11) is 1.38. The van der Waals surface area contributed by atoms with Crippen LogP contribution in [-0.2, 0) is 11.3 Å². The van der Waals surface area contributed by atoms with Crippen LogP contribution in [0.3, 0.4) is 0 Å². The molecule has 0 fully saturated rings. The Labute approximate surface area is 176 Å². The number of methoxy groups -OCH3 is 1. The van der Waals surface area contributed by atoms with Gasteiger partial charge in [0.1, 0.15) is 12.2 Å². The fraction of sp³-hybridized carbons (Fsp3) is 0.0909. The first-order chi connectivity index (χ1) is 15.1. The number of hydrogen-bond donors (Lipinski definition) is 1.